The summed E-state index contributed by atoms with van der Waals surface area (Å²) in [6.07, 6.45) is 0. The van der Waals surface area contributed by atoms with Gasteiger partial charge < -0.3 is 16.2 Å². The van der Waals surface area contributed by atoms with E-state index >= 15 is 0 Å². The van der Waals surface area contributed by atoms with Crippen LogP contribution in [0.4, 0.5) is 4.39 Å². The number of nitrogens with zero attached hydrogens (tertiary/aromatic N) is 1. The summed E-state index contributed by atoms with van der Waals surface area (Å²) in [7, 11) is 1.51. The Morgan fingerprint density at radius 1 is 1.50 bits per heavy atom. The molecular formula is C9H12FN3O. The zero-order valence-corrected chi connectivity index (χ0v) is 7.83. The number of ether oxygens (including phenoxy) is 1. The van der Waals surface area contributed by atoms with Crippen molar-refractivity contribution in [3.63, 3.8) is 0 Å². The lowest BCUT2D eigenvalue weighted by atomic mass is 10.2. The summed E-state index contributed by atoms with van der Waals surface area (Å²) in [4.78, 5) is 3.77. The molecule has 0 radical (unpaired) electrons. The van der Waals surface area contributed by atoms with Gasteiger partial charge in [0.15, 0.2) is 5.96 Å². The van der Waals surface area contributed by atoms with Crippen molar-refractivity contribution in [2.75, 3.05) is 7.11 Å². The fraction of sp³-hybridized carbons (Fsp3) is 0.222. The predicted molar refractivity (Wildman–Crippen MR) is 52.5 cm³/mol. The Balaban J connectivity index is 2.93. The third kappa shape index (κ3) is 2.62. The van der Waals surface area contributed by atoms with Crippen molar-refractivity contribution in [3.05, 3.63) is 29.6 Å². The number of hydrogen-bond acceptors (Lipinski definition) is 2. The van der Waals surface area contributed by atoms with E-state index in [1.165, 1.54) is 25.3 Å². The van der Waals surface area contributed by atoms with Crippen LogP contribution in [0.3, 0.4) is 0 Å². The van der Waals surface area contributed by atoms with Crippen LogP contribution in [-0.2, 0) is 6.54 Å². The maximum absolute atomic E-state index is 12.8. The largest absolute Gasteiger partial charge is 0.496 e. The van der Waals surface area contributed by atoms with Gasteiger partial charge in [0.1, 0.15) is 11.6 Å². The molecule has 0 unspecified atom stereocenters. The van der Waals surface area contributed by atoms with Crippen molar-refractivity contribution in [2.24, 2.45) is 16.5 Å². The van der Waals surface area contributed by atoms with E-state index in [1.807, 2.05) is 0 Å². The molecule has 0 fully saturated rings. The van der Waals surface area contributed by atoms with Gasteiger partial charge in [-0.3, -0.25) is 0 Å². The first-order valence-electron chi connectivity index (χ1n) is 4.01. The Hall–Kier alpha value is -1.78. The van der Waals surface area contributed by atoms with Gasteiger partial charge >= 0.3 is 0 Å². The van der Waals surface area contributed by atoms with E-state index < -0.39 is 0 Å². The molecule has 0 saturated heterocycles. The van der Waals surface area contributed by atoms with Gasteiger partial charge in [-0.15, -0.1) is 0 Å². The van der Waals surface area contributed by atoms with Crippen molar-refractivity contribution in [3.8, 4) is 5.75 Å². The minimum Gasteiger partial charge on any atom is -0.496 e. The fourth-order valence-electron chi connectivity index (χ4n) is 1.05. The summed E-state index contributed by atoms with van der Waals surface area (Å²) in [6, 6.07) is 4.19. The lowest BCUT2D eigenvalue weighted by Crippen LogP contribution is -2.22. The van der Waals surface area contributed by atoms with Gasteiger partial charge in [-0.1, -0.05) is 0 Å². The molecule has 4 N–H and O–H groups in total. The Labute approximate surface area is 81.4 Å². The van der Waals surface area contributed by atoms with Gasteiger partial charge in [-0.2, -0.15) is 0 Å². The number of methoxy groups -OCH3 is 1. The van der Waals surface area contributed by atoms with Crippen LogP contribution < -0.4 is 16.2 Å². The molecule has 5 heteroatoms. The summed E-state index contributed by atoms with van der Waals surface area (Å²) >= 11 is 0. The minimum atomic E-state index is -0.341. The van der Waals surface area contributed by atoms with E-state index in [0.29, 0.717) is 11.3 Å². The highest BCUT2D eigenvalue weighted by molar-refractivity contribution is 5.75. The minimum absolute atomic E-state index is 0.0312. The van der Waals surface area contributed by atoms with Gasteiger partial charge in [0, 0.05) is 5.56 Å². The highest BCUT2D eigenvalue weighted by Crippen LogP contribution is 2.19. The smallest absolute Gasteiger partial charge is 0.186 e. The van der Waals surface area contributed by atoms with Crippen molar-refractivity contribution < 1.29 is 9.13 Å². The van der Waals surface area contributed by atoms with Crippen molar-refractivity contribution in [1.29, 1.82) is 0 Å². The molecule has 4 nitrogen and oxygen atoms in total. The van der Waals surface area contributed by atoms with Crippen LogP contribution in [0.1, 0.15) is 5.56 Å². The zero-order chi connectivity index (χ0) is 10.6. The molecule has 0 atom stereocenters. The van der Waals surface area contributed by atoms with Crippen molar-refractivity contribution in [1.82, 2.24) is 0 Å². The molecule has 0 amide bonds. The molecule has 0 aliphatic rings. The first kappa shape index (κ1) is 10.3. The number of aliphatic imine (C=N–C) groups is 1. The van der Waals surface area contributed by atoms with Crippen LogP contribution in [0.25, 0.3) is 0 Å². The molecule has 1 aromatic rings. The highest BCUT2D eigenvalue weighted by atomic mass is 19.1. The first-order chi connectivity index (χ1) is 6.63. The molecule has 0 heterocycles. The summed E-state index contributed by atoms with van der Waals surface area (Å²) < 4.78 is 17.9. The first-order valence-corrected chi connectivity index (χ1v) is 4.01. The molecule has 0 aromatic heterocycles. The molecular weight excluding hydrogens is 185 g/mol. The number of halogens is 1. The second-order valence-corrected chi connectivity index (χ2v) is 2.70. The van der Waals surface area contributed by atoms with E-state index in [4.69, 9.17) is 16.2 Å². The standard InChI is InChI=1S/C9H12FN3O/c1-14-8-3-2-7(10)4-6(8)5-13-9(11)12/h2-4H,5H2,1H3,(H4,11,12,13). The fourth-order valence-corrected chi connectivity index (χ4v) is 1.05. The van der Waals surface area contributed by atoms with Gasteiger partial charge in [0.25, 0.3) is 0 Å². The molecule has 1 aromatic carbocycles. The average molecular weight is 197 g/mol. The second kappa shape index (κ2) is 4.45. The number of hydrogen-bond donors (Lipinski definition) is 2. The maximum atomic E-state index is 12.8. The van der Waals surface area contributed by atoms with Crippen molar-refractivity contribution in [2.45, 2.75) is 6.54 Å². The number of rotatable bonds is 3. The van der Waals surface area contributed by atoms with Gasteiger partial charge in [-0.25, -0.2) is 9.38 Å². The molecule has 0 bridgehead atoms. The molecule has 14 heavy (non-hydrogen) atoms. The lowest BCUT2D eigenvalue weighted by Gasteiger charge is -2.05. The molecule has 0 aliphatic heterocycles. The summed E-state index contributed by atoms with van der Waals surface area (Å²) in [5.74, 6) is 0.194. The van der Waals surface area contributed by atoms with E-state index in [9.17, 15) is 4.39 Å². The van der Waals surface area contributed by atoms with Crippen LogP contribution in [0.2, 0.25) is 0 Å². The van der Waals surface area contributed by atoms with Gasteiger partial charge in [0.2, 0.25) is 0 Å². The Morgan fingerprint density at radius 2 is 2.21 bits per heavy atom. The van der Waals surface area contributed by atoms with Crippen LogP contribution in [0.5, 0.6) is 5.75 Å². The summed E-state index contributed by atoms with van der Waals surface area (Å²) in [6.45, 7) is 0.212. The third-order valence-corrected chi connectivity index (χ3v) is 1.67. The Morgan fingerprint density at radius 3 is 2.79 bits per heavy atom. The average Bonchev–Trinajstić information content (AvgIpc) is 2.15. The predicted octanol–water partition coefficient (Wildman–Crippen LogP) is 0.608. The van der Waals surface area contributed by atoms with E-state index in [2.05, 4.69) is 4.99 Å². The van der Waals surface area contributed by atoms with E-state index in [1.54, 1.807) is 0 Å². The number of guanidine groups is 1. The quantitative estimate of drug-likeness (QED) is 0.550. The SMILES string of the molecule is COc1ccc(F)cc1CN=C(N)N. The van der Waals surface area contributed by atoms with E-state index in [-0.39, 0.29) is 18.3 Å². The third-order valence-electron chi connectivity index (χ3n) is 1.67. The Bertz CT molecular complexity index is 348. The molecule has 0 aliphatic carbocycles. The number of nitrogens with two attached hydrogens (primary N) is 2. The second-order valence-electron chi connectivity index (χ2n) is 2.70. The molecule has 0 spiro atoms. The Kier molecular flexibility index (Phi) is 3.28. The number of benzene rings is 1. The molecule has 1 rings (SSSR count). The highest BCUT2D eigenvalue weighted by Gasteiger charge is 2.03. The van der Waals surface area contributed by atoms with Crippen LogP contribution in [-0.4, -0.2) is 13.1 Å². The van der Waals surface area contributed by atoms with Crippen molar-refractivity contribution >= 4 is 5.96 Å². The summed E-state index contributed by atoms with van der Waals surface area (Å²) in [5, 5.41) is 0. The molecule has 76 valence electrons. The van der Waals surface area contributed by atoms with Crippen LogP contribution >= 0.6 is 0 Å². The maximum Gasteiger partial charge on any atom is 0.186 e. The lowest BCUT2D eigenvalue weighted by molar-refractivity contribution is 0.408. The zero-order valence-electron chi connectivity index (χ0n) is 7.83. The van der Waals surface area contributed by atoms with Gasteiger partial charge in [0.05, 0.1) is 13.7 Å². The summed E-state index contributed by atoms with van der Waals surface area (Å²) in [5.41, 5.74) is 10.9. The van der Waals surface area contributed by atoms with E-state index in [0.717, 1.165) is 0 Å². The van der Waals surface area contributed by atoms with Crippen LogP contribution in [0.15, 0.2) is 23.2 Å². The normalized spacial score (nSPS) is 9.57. The van der Waals surface area contributed by atoms with Crippen LogP contribution in [0, 0.1) is 5.82 Å². The van der Waals surface area contributed by atoms with Gasteiger partial charge in [-0.05, 0) is 18.2 Å². The topological polar surface area (TPSA) is 73.6 Å². The monoisotopic (exact) mass is 197 g/mol. The molecule has 0 saturated carbocycles.